The molecule has 0 aromatic heterocycles. The average molecular weight is 276 g/mol. The Balaban J connectivity index is 2.26. The molecule has 3 nitrogen and oxygen atoms in total. The summed E-state index contributed by atoms with van der Waals surface area (Å²) in [5.74, 6) is 0.634. The number of Topliss-reactive ketones (excluding diaryl/α,β-unsaturated/α-hetero) is 1. The van der Waals surface area contributed by atoms with Gasteiger partial charge in [0.15, 0.2) is 5.78 Å². The lowest BCUT2D eigenvalue weighted by molar-refractivity contribution is 0.0992. The largest absolute Gasteiger partial charge is 0.496 e. The van der Waals surface area contributed by atoms with Crippen LogP contribution in [0.1, 0.15) is 15.9 Å². The number of ether oxygens (including phenoxy) is 1. The van der Waals surface area contributed by atoms with Crippen molar-refractivity contribution in [2.45, 2.75) is 6.42 Å². The molecule has 0 radical (unpaired) electrons. The van der Waals surface area contributed by atoms with Crippen molar-refractivity contribution >= 4 is 23.1 Å². The maximum Gasteiger partial charge on any atom is 0.167 e. The normalized spacial score (nSPS) is 10.2. The number of hydrogen-bond acceptors (Lipinski definition) is 3. The molecule has 2 aromatic rings. The zero-order valence-electron chi connectivity index (χ0n) is 10.5. The lowest BCUT2D eigenvalue weighted by atomic mass is 10.0. The van der Waals surface area contributed by atoms with E-state index < -0.39 is 0 Å². The molecule has 0 unspecified atom stereocenters. The lowest BCUT2D eigenvalue weighted by Gasteiger charge is -2.08. The van der Waals surface area contributed by atoms with Crippen molar-refractivity contribution in [2.75, 3.05) is 12.8 Å². The minimum absolute atomic E-state index is 0.0205. The molecule has 0 heterocycles. The number of halogens is 1. The highest BCUT2D eigenvalue weighted by molar-refractivity contribution is 6.30. The van der Waals surface area contributed by atoms with Gasteiger partial charge in [-0.05, 0) is 30.3 Å². The van der Waals surface area contributed by atoms with Crippen molar-refractivity contribution in [1.82, 2.24) is 0 Å². The third-order valence-corrected chi connectivity index (χ3v) is 3.04. The van der Waals surface area contributed by atoms with Crippen molar-refractivity contribution in [3.05, 3.63) is 58.6 Å². The van der Waals surface area contributed by atoms with Crippen LogP contribution < -0.4 is 10.5 Å². The molecule has 2 rings (SSSR count). The fraction of sp³-hybridized carbons (Fsp3) is 0.133. The van der Waals surface area contributed by atoms with E-state index >= 15 is 0 Å². The molecule has 0 saturated carbocycles. The number of nitrogen functional groups attached to an aromatic ring is 1. The Kier molecular flexibility index (Phi) is 4.07. The highest BCUT2D eigenvalue weighted by Crippen LogP contribution is 2.24. The second-order valence-electron chi connectivity index (χ2n) is 4.18. The molecule has 0 fully saturated rings. The van der Waals surface area contributed by atoms with E-state index in [0.717, 1.165) is 5.56 Å². The van der Waals surface area contributed by atoms with Gasteiger partial charge < -0.3 is 10.5 Å². The van der Waals surface area contributed by atoms with Crippen LogP contribution in [0.4, 0.5) is 5.69 Å². The van der Waals surface area contributed by atoms with Gasteiger partial charge in [-0.2, -0.15) is 0 Å². The second-order valence-corrected chi connectivity index (χ2v) is 4.62. The monoisotopic (exact) mass is 275 g/mol. The highest BCUT2D eigenvalue weighted by atomic mass is 35.5. The number of carbonyl (C=O) groups excluding carboxylic acids is 1. The Hall–Kier alpha value is -2.00. The molecule has 0 amide bonds. The summed E-state index contributed by atoms with van der Waals surface area (Å²) in [5, 5.41) is 0.580. The standard InChI is InChI=1S/C15H14ClNO2/c1-19-15-6-5-12(16)7-11(15)9-14(18)10-3-2-4-13(17)8-10/h2-8H,9,17H2,1H3. The molecule has 0 atom stereocenters. The van der Waals surface area contributed by atoms with Crippen molar-refractivity contribution in [3.8, 4) is 5.75 Å². The van der Waals surface area contributed by atoms with Gasteiger partial charge in [-0.15, -0.1) is 0 Å². The lowest BCUT2D eigenvalue weighted by Crippen LogP contribution is -2.05. The molecule has 4 heteroatoms. The van der Waals surface area contributed by atoms with Crippen molar-refractivity contribution in [1.29, 1.82) is 0 Å². The van der Waals surface area contributed by atoms with Gasteiger partial charge in [0.1, 0.15) is 5.75 Å². The Morgan fingerprint density at radius 2 is 2.05 bits per heavy atom. The van der Waals surface area contributed by atoms with Crippen LogP contribution in [-0.4, -0.2) is 12.9 Å². The first-order valence-electron chi connectivity index (χ1n) is 5.81. The Labute approximate surface area is 117 Å². The van der Waals surface area contributed by atoms with Gasteiger partial charge in [0.05, 0.1) is 7.11 Å². The molecule has 2 N–H and O–H groups in total. The van der Waals surface area contributed by atoms with Crippen LogP contribution in [0.15, 0.2) is 42.5 Å². The molecule has 0 bridgehead atoms. The second kappa shape index (κ2) is 5.76. The molecule has 0 aliphatic carbocycles. The topological polar surface area (TPSA) is 52.3 Å². The average Bonchev–Trinajstić information content (AvgIpc) is 2.39. The van der Waals surface area contributed by atoms with Gasteiger partial charge in [0, 0.05) is 28.3 Å². The van der Waals surface area contributed by atoms with Gasteiger partial charge in [-0.25, -0.2) is 0 Å². The van der Waals surface area contributed by atoms with Crippen molar-refractivity contribution in [3.63, 3.8) is 0 Å². The van der Waals surface area contributed by atoms with E-state index in [4.69, 9.17) is 22.1 Å². The van der Waals surface area contributed by atoms with Gasteiger partial charge in [-0.1, -0.05) is 23.7 Å². The van der Waals surface area contributed by atoms with Crippen molar-refractivity contribution in [2.24, 2.45) is 0 Å². The van der Waals surface area contributed by atoms with E-state index in [-0.39, 0.29) is 12.2 Å². The van der Waals surface area contributed by atoms with Gasteiger partial charge in [0.2, 0.25) is 0 Å². The number of rotatable bonds is 4. The summed E-state index contributed by atoms with van der Waals surface area (Å²) in [5.41, 5.74) is 7.60. The first-order valence-corrected chi connectivity index (χ1v) is 6.19. The van der Waals surface area contributed by atoms with Crippen LogP contribution in [0.5, 0.6) is 5.75 Å². The van der Waals surface area contributed by atoms with E-state index in [1.54, 1.807) is 49.6 Å². The SMILES string of the molecule is COc1ccc(Cl)cc1CC(=O)c1cccc(N)c1. The zero-order valence-corrected chi connectivity index (χ0v) is 11.3. The molecular formula is C15H14ClNO2. The van der Waals surface area contributed by atoms with E-state index in [1.165, 1.54) is 0 Å². The molecule has 98 valence electrons. The third kappa shape index (κ3) is 3.26. The maximum atomic E-state index is 12.2. The van der Waals surface area contributed by atoms with E-state index in [0.29, 0.717) is 22.0 Å². The van der Waals surface area contributed by atoms with Gasteiger partial charge >= 0.3 is 0 Å². The number of ketones is 1. The Morgan fingerprint density at radius 1 is 1.26 bits per heavy atom. The summed E-state index contributed by atoms with van der Waals surface area (Å²) in [4.78, 5) is 12.2. The molecule has 0 aliphatic heterocycles. The Bertz CT molecular complexity index is 611. The van der Waals surface area contributed by atoms with E-state index in [1.807, 2.05) is 0 Å². The molecule has 0 aliphatic rings. The number of benzene rings is 2. The van der Waals surface area contributed by atoms with Crippen molar-refractivity contribution < 1.29 is 9.53 Å². The molecule has 0 spiro atoms. The summed E-state index contributed by atoms with van der Waals surface area (Å²) in [7, 11) is 1.57. The highest BCUT2D eigenvalue weighted by Gasteiger charge is 2.11. The fourth-order valence-corrected chi connectivity index (χ4v) is 2.07. The maximum absolute atomic E-state index is 12.2. The number of methoxy groups -OCH3 is 1. The minimum Gasteiger partial charge on any atom is -0.496 e. The Morgan fingerprint density at radius 3 is 2.74 bits per heavy atom. The van der Waals surface area contributed by atoms with E-state index in [9.17, 15) is 4.79 Å². The van der Waals surface area contributed by atoms with Crippen LogP contribution in [0.2, 0.25) is 5.02 Å². The van der Waals surface area contributed by atoms with Crippen LogP contribution in [0, 0.1) is 0 Å². The van der Waals surface area contributed by atoms with Crippen LogP contribution in [0.3, 0.4) is 0 Å². The first-order chi connectivity index (χ1) is 9.10. The summed E-state index contributed by atoms with van der Waals surface area (Å²) in [6.07, 6.45) is 0.229. The van der Waals surface area contributed by atoms with Gasteiger partial charge in [0.25, 0.3) is 0 Å². The quantitative estimate of drug-likeness (QED) is 0.688. The third-order valence-electron chi connectivity index (χ3n) is 2.80. The number of anilines is 1. The van der Waals surface area contributed by atoms with Crippen LogP contribution >= 0.6 is 11.6 Å². The summed E-state index contributed by atoms with van der Waals surface area (Å²) >= 11 is 5.94. The van der Waals surface area contributed by atoms with Crippen LogP contribution in [0.25, 0.3) is 0 Å². The number of nitrogens with two attached hydrogens (primary N) is 1. The van der Waals surface area contributed by atoms with E-state index in [2.05, 4.69) is 0 Å². The summed E-state index contributed by atoms with van der Waals surface area (Å²) < 4.78 is 5.23. The predicted molar refractivity (Wildman–Crippen MR) is 76.9 cm³/mol. The molecule has 2 aromatic carbocycles. The number of hydrogen-bond donors (Lipinski definition) is 1. The predicted octanol–water partition coefficient (Wildman–Crippen LogP) is 3.36. The fourth-order valence-electron chi connectivity index (χ4n) is 1.87. The summed E-state index contributed by atoms with van der Waals surface area (Å²) in [6.45, 7) is 0. The smallest absolute Gasteiger partial charge is 0.167 e. The first kappa shape index (κ1) is 13.4. The molecular weight excluding hydrogens is 262 g/mol. The molecule has 0 saturated heterocycles. The van der Waals surface area contributed by atoms with Gasteiger partial charge in [-0.3, -0.25) is 4.79 Å². The van der Waals surface area contributed by atoms with Crippen LogP contribution in [-0.2, 0) is 6.42 Å². The minimum atomic E-state index is -0.0205. The zero-order chi connectivity index (χ0) is 13.8. The number of carbonyl (C=O) groups is 1. The summed E-state index contributed by atoms with van der Waals surface area (Å²) in [6, 6.07) is 12.1. The molecule has 19 heavy (non-hydrogen) atoms.